The molecule has 2 unspecified atom stereocenters. The SMILES string of the molecule is CC(C)(C)OC(=O)N(C(=O)OC(C)(C)C)C1(O)CCCC1O. The van der Waals surface area contributed by atoms with Crippen LogP contribution in [0.1, 0.15) is 60.8 Å². The van der Waals surface area contributed by atoms with Gasteiger partial charge in [-0.1, -0.05) is 0 Å². The number of carbonyl (C=O) groups is 2. The Bertz CT molecular complexity index is 408. The van der Waals surface area contributed by atoms with E-state index in [0.717, 1.165) is 0 Å². The van der Waals surface area contributed by atoms with Crippen molar-refractivity contribution in [1.82, 2.24) is 4.90 Å². The van der Waals surface area contributed by atoms with E-state index in [4.69, 9.17) is 9.47 Å². The molecular formula is C15H27NO6. The van der Waals surface area contributed by atoms with E-state index >= 15 is 0 Å². The summed E-state index contributed by atoms with van der Waals surface area (Å²) in [6.07, 6.45) is -2.45. The summed E-state index contributed by atoms with van der Waals surface area (Å²) in [7, 11) is 0. The van der Waals surface area contributed by atoms with Crippen LogP contribution in [0.2, 0.25) is 0 Å². The standard InChI is InChI=1S/C15H27NO6/c1-13(2,3)21-11(18)16(12(19)22-14(4,5)6)15(20)9-7-8-10(15)17/h10,17,20H,7-9H2,1-6H3. The molecule has 0 aromatic rings. The molecule has 1 aliphatic rings. The first-order valence-electron chi connectivity index (χ1n) is 7.43. The molecule has 7 heteroatoms. The molecule has 1 rings (SSSR count). The third kappa shape index (κ3) is 4.58. The van der Waals surface area contributed by atoms with Gasteiger partial charge in [0.05, 0.1) is 0 Å². The molecule has 0 aromatic carbocycles. The van der Waals surface area contributed by atoms with Crippen molar-refractivity contribution >= 4 is 12.2 Å². The van der Waals surface area contributed by atoms with Crippen LogP contribution in [0.15, 0.2) is 0 Å². The highest BCUT2D eigenvalue weighted by molar-refractivity contribution is 5.89. The highest BCUT2D eigenvalue weighted by atomic mass is 16.6. The fourth-order valence-electron chi connectivity index (χ4n) is 2.22. The van der Waals surface area contributed by atoms with Gasteiger partial charge < -0.3 is 19.7 Å². The van der Waals surface area contributed by atoms with Gasteiger partial charge in [-0.15, -0.1) is 0 Å². The molecule has 2 atom stereocenters. The molecule has 0 heterocycles. The molecule has 0 spiro atoms. The summed E-state index contributed by atoms with van der Waals surface area (Å²) in [6, 6.07) is 0. The van der Waals surface area contributed by atoms with E-state index in [0.29, 0.717) is 17.7 Å². The first-order valence-corrected chi connectivity index (χ1v) is 7.43. The van der Waals surface area contributed by atoms with Gasteiger partial charge in [-0.05, 0) is 60.8 Å². The lowest BCUT2D eigenvalue weighted by Crippen LogP contribution is -2.60. The Kier molecular flexibility index (Phi) is 5.14. The molecule has 1 saturated carbocycles. The van der Waals surface area contributed by atoms with Gasteiger partial charge in [0.2, 0.25) is 0 Å². The molecule has 7 nitrogen and oxygen atoms in total. The van der Waals surface area contributed by atoms with E-state index in [1.807, 2.05) is 0 Å². The summed E-state index contributed by atoms with van der Waals surface area (Å²) in [5.74, 6) is 0. The normalized spacial score (nSPS) is 25.7. The zero-order chi connectivity index (χ0) is 17.3. The number of hydrogen-bond donors (Lipinski definition) is 2. The van der Waals surface area contributed by atoms with E-state index in [2.05, 4.69) is 0 Å². The van der Waals surface area contributed by atoms with Gasteiger partial charge in [-0.25, -0.2) is 9.59 Å². The monoisotopic (exact) mass is 317 g/mol. The van der Waals surface area contributed by atoms with Crippen molar-refractivity contribution in [2.45, 2.75) is 83.8 Å². The van der Waals surface area contributed by atoms with Crippen LogP contribution < -0.4 is 0 Å². The Morgan fingerprint density at radius 3 is 1.73 bits per heavy atom. The third-order valence-corrected chi connectivity index (χ3v) is 3.10. The Hall–Kier alpha value is -1.34. The number of ether oxygens (including phenoxy) is 2. The molecule has 0 saturated heterocycles. The van der Waals surface area contributed by atoms with Crippen LogP contribution in [-0.2, 0) is 9.47 Å². The number of rotatable bonds is 1. The lowest BCUT2D eigenvalue weighted by atomic mass is 10.1. The van der Waals surface area contributed by atoms with Crippen molar-refractivity contribution in [3.63, 3.8) is 0 Å². The van der Waals surface area contributed by atoms with Gasteiger partial charge in [0.1, 0.15) is 17.3 Å². The molecule has 2 amide bonds. The third-order valence-electron chi connectivity index (χ3n) is 3.10. The topological polar surface area (TPSA) is 96.3 Å². The van der Waals surface area contributed by atoms with Crippen molar-refractivity contribution in [3.8, 4) is 0 Å². The van der Waals surface area contributed by atoms with Crippen LogP contribution in [0.4, 0.5) is 9.59 Å². The maximum absolute atomic E-state index is 12.4. The molecule has 1 aliphatic carbocycles. The number of aliphatic hydroxyl groups is 2. The Morgan fingerprint density at radius 2 is 1.45 bits per heavy atom. The maximum Gasteiger partial charge on any atom is 0.422 e. The molecule has 2 N–H and O–H groups in total. The summed E-state index contributed by atoms with van der Waals surface area (Å²) >= 11 is 0. The summed E-state index contributed by atoms with van der Waals surface area (Å²) < 4.78 is 10.4. The number of nitrogens with zero attached hydrogens (tertiary/aromatic N) is 1. The van der Waals surface area contributed by atoms with Crippen LogP contribution in [0, 0.1) is 0 Å². The maximum atomic E-state index is 12.4. The van der Waals surface area contributed by atoms with Crippen molar-refractivity contribution in [3.05, 3.63) is 0 Å². The van der Waals surface area contributed by atoms with Crippen molar-refractivity contribution in [2.75, 3.05) is 0 Å². The minimum absolute atomic E-state index is 0.0760. The molecular weight excluding hydrogens is 290 g/mol. The van der Waals surface area contributed by atoms with Gasteiger partial charge in [0.15, 0.2) is 5.72 Å². The summed E-state index contributed by atoms with van der Waals surface area (Å²) in [6.45, 7) is 9.88. The summed E-state index contributed by atoms with van der Waals surface area (Å²) in [5, 5.41) is 20.6. The lowest BCUT2D eigenvalue weighted by molar-refractivity contribution is -0.149. The van der Waals surface area contributed by atoms with E-state index in [-0.39, 0.29) is 6.42 Å². The van der Waals surface area contributed by atoms with Crippen LogP contribution in [0.25, 0.3) is 0 Å². The lowest BCUT2D eigenvalue weighted by Gasteiger charge is -2.38. The average Bonchev–Trinajstić information content (AvgIpc) is 2.53. The minimum Gasteiger partial charge on any atom is -0.443 e. The average molecular weight is 317 g/mol. The predicted octanol–water partition coefficient (Wildman–Crippen LogP) is 2.39. The predicted molar refractivity (Wildman–Crippen MR) is 79.1 cm³/mol. The van der Waals surface area contributed by atoms with Gasteiger partial charge in [0, 0.05) is 0 Å². The fraction of sp³-hybridized carbons (Fsp3) is 0.867. The van der Waals surface area contributed by atoms with Gasteiger partial charge >= 0.3 is 12.2 Å². The summed E-state index contributed by atoms with van der Waals surface area (Å²) in [5.41, 5.74) is -3.71. The summed E-state index contributed by atoms with van der Waals surface area (Å²) in [4.78, 5) is 25.2. The molecule has 0 radical (unpaired) electrons. The van der Waals surface area contributed by atoms with Gasteiger partial charge in [0.25, 0.3) is 0 Å². The van der Waals surface area contributed by atoms with E-state index in [1.54, 1.807) is 41.5 Å². The smallest absolute Gasteiger partial charge is 0.422 e. The zero-order valence-corrected chi connectivity index (χ0v) is 14.2. The molecule has 0 bridgehead atoms. The fourth-order valence-corrected chi connectivity index (χ4v) is 2.22. The largest absolute Gasteiger partial charge is 0.443 e. The second-order valence-electron chi connectivity index (χ2n) is 7.58. The molecule has 1 fully saturated rings. The molecule has 0 aliphatic heterocycles. The van der Waals surface area contributed by atoms with Crippen molar-refractivity contribution in [1.29, 1.82) is 0 Å². The van der Waals surface area contributed by atoms with Gasteiger partial charge in [-0.2, -0.15) is 4.90 Å². The number of hydrogen-bond acceptors (Lipinski definition) is 6. The number of carbonyl (C=O) groups excluding carboxylic acids is 2. The second-order valence-corrected chi connectivity index (χ2v) is 7.58. The number of imide groups is 1. The first-order chi connectivity index (χ1) is 9.76. The Labute approximate surface area is 131 Å². The first kappa shape index (κ1) is 18.7. The zero-order valence-electron chi connectivity index (χ0n) is 14.2. The minimum atomic E-state index is -2.01. The highest BCUT2D eigenvalue weighted by Crippen LogP contribution is 2.35. The van der Waals surface area contributed by atoms with Crippen LogP contribution in [0.3, 0.4) is 0 Å². The van der Waals surface area contributed by atoms with E-state index < -0.39 is 35.2 Å². The molecule has 22 heavy (non-hydrogen) atoms. The van der Waals surface area contributed by atoms with Crippen molar-refractivity contribution < 1.29 is 29.3 Å². The van der Waals surface area contributed by atoms with E-state index in [9.17, 15) is 19.8 Å². The van der Waals surface area contributed by atoms with Crippen molar-refractivity contribution in [2.24, 2.45) is 0 Å². The number of aliphatic hydroxyl groups excluding tert-OH is 1. The van der Waals surface area contributed by atoms with Crippen LogP contribution in [-0.4, -0.2) is 50.3 Å². The molecule has 0 aromatic heterocycles. The number of amides is 2. The Balaban J connectivity index is 3.10. The Morgan fingerprint density at radius 1 is 1.05 bits per heavy atom. The quantitative estimate of drug-likeness (QED) is 0.721. The highest BCUT2D eigenvalue weighted by Gasteiger charge is 2.53. The molecule has 128 valence electrons. The second kappa shape index (κ2) is 6.04. The van der Waals surface area contributed by atoms with Gasteiger partial charge in [-0.3, -0.25) is 0 Å². The van der Waals surface area contributed by atoms with Crippen LogP contribution in [0.5, 0.6) is 0 Å². The van der Waals surface area contributed by atoms with Crippen LogP contribution >= 0.6 is 0 Å². The van der Waals surface area contributed by atoms with E-state index in [1.165, 1.54) is 0 Å².